The second-order valence-electron chi connectivity index (χ2n) is 4.92. The van der Waals surface area contributed by atoms with Crippen LogP contribution in [0.2, 0.25) is 0 Å². The van der Waals surface area contributed by atoms with Gasteiger partial charge in [-0.1, -0.05) is 0 Å². The molecular weight excluding hydrogens is 312 g/mol. The summed E-state index contributed by atoms with van der Waals surface area (Å²) in [6, 6.07) is 1.84. The average molecular weight is 328 g/mol. The topological polar surface area (TPSA) is 132 Å². The van der Waals surface area contributed by atoms with E-state index >= 15 is 0 Å². The van der Waals surface area contributed by atoms with Crippen molar-refractivity contribution in [3.63, 3.8) is 0 Å². The second kappa shape index (κ2) is 6.05. The molecule has 0 spiro atoms. The summed E-state index contributed by atoms with van der Waals surface area (Å²) in [7, 11) is 1.84. The molecule has 0 saturated carbocycles. The normalized spacial score (nSPS) is 10.7. The number of hydrogen-bond donors (Lipinski definition) is 4. The van der Waals surface area contributed by atoms with Gasteiger partial charge in [0.15, 0.2) is 11.6 Å². The molecule has 0 amide bonds. The standard InChI is InChI=1S/C14H16N8S/c1-22-7-8(4-20-22)11-6-18-13(17)14(21-11)19-5-9-2-10(16)12(3-15)23-9/h2-4,6-7,15H,5,16H2,1H3,(H2,17,18)(H,19,21). The summed E-state index contributed by atoms with van der Waals surface area (Å²) in [4.78, 5) is 10.4. The molecule has 3 aromatic rings. The van der Waals surface area contributed by atoms with Gasteiger partial charge in [0, 0.05) is 29.9 Å². The lowest BCUT2D eigenvalue weighted by atomic mass is 10.3. The summed E-state index contributed by atoms with van der Waals surface area (Å²) < 4.78 is 1.70. The number of nitrogen functional groups attached to an aromatic ring is 2. The zero-order chi connectivity index (χ0) is 16.4. The van der Waals surface area contributed by atoms with E-state index in [2.05, 4.69) is 20.4 Å². The van der Waals surface area contributed by atoms with Gasteiger partial charge in [0.25, 0.3) is 0 Å². The molecule has 0 bridgehead atoms. The molecule has 3 heterocycles. The lowest BCUT2D eigenvalue weighted by Gasteiger charge is -2.08. The first-order chi connectivity index (χ1) is 11.1. The van der Waals surface area contributed by atoms with Gasteiger partial charge in [0.1, 0.15) is 0 Å². The molecule has 0 radical (unpaired) electrons. The Morgan fingerprint density at radius 2 is 2.22 bits per heavy atom. The van der Waals surface area contributed by atoms with Gasteiger partial charge in [-0.3, -0.25) is 4.68 Å². The number of thiophene rings is 1. The van der Waals surface area contributed by atoms with Crippen molar-refractivity contribution in [2.24, 2.45) is 7.05 Å². The van der Waals surface area contributed by atoms with Gasteiger partial charge < -0.3 is 22.2 Å². The third-order valence-electron chi connectivity index (χ3n) is 3.20. The third kappa shape index (κ3) is 3.14. The molecule has 6 N–H and O–H groups in total. The van der Waals surface area contributed by atoms with Gasteiger partial charge >= 0.3 is 0 Å². The minimum Gasteiger partial charge on any atom is -0.398 e. The molecule has 3 rings (SSSR count). The van der Waals surface area contributed by atoms with Crippen LogP contribution in [0.4, 0.5) is 17.3 Å². The van der Waals surface area contributed by atoms with Crippen LogP contribution < -0.4 is 16.8 Å². The summed E-state index contributed by atoms with van der Waals surface area (Å²) in [5.41, 5.74) is 13.9. The molecule has 9 heteroatoms. The Balaban J connectivity index is 1.80. The maximum atomic E-state index is 7.29. The van der Waals surface area contributed by atoms with Crippen LogP contribution in [-0.4, -0.2) is 26.0 Å². The number of aromatic nitrogens is 4. The Bertz CT molecular complexity index is 850. The van der Waals surface area contributed by atoms with E-state index in [0.717, 1.165) is 15.3 Å². The molecule has 8 nitrogen and oxygen atoms in total. The van der Waals surface area contributed by atoms with Crippen LogP contribution in [0.15, 0.2) is 24.7 Å². The molecule has 0 aromatic carbocycles. The summed E-state index contributed by atoms with van der Waals surface area (Å²) in [6.07, 6.45) is 6.45. The highest BCUT2D eigenvalue weighted by Crippen LogP contribution is 2.25. The molecule has 0 fully saturated rings. The van der Waals surface area contributed by atoms with E-state index in [4.69, 9.17) is 16.9 Å². The van der Waals surface area contributed by atoms with E-state index in [-0.39, 0.29) is 0 Å². The van der Waals surface area contributed by atoms with E-state index in [9.17, 15) is 0 Å². The number of nitrogens with two attached hydrogens (primary N) is 2. The van der Waals surface area contributed by atoms with Gasteiger partial charge in [-0.05, 0) is 6.07 Å². The number of rotatable bonds is 5. The van der Waals surface area contributed by atoms with Gasteiger partial charge in [-0.25, -0.2) is 9.97 Å². The van der Waals surface area contributed by atoms with E-state index in [1.807, 2.05) is 19.3 Å². The minimum absolute atomic E-state index is 0.328. The first-order valence-electron chi connectivity index (χ1n) is 6.81. The van der Waals surface area contributed by atoms with Crippen LogP contribution in [-0.2, 0) is 13.6 Å². The van der Waals surface area contributed by atoms with Crippen LogP contribution in [0.3, 0.4) is 0 Å². The molecule has 3 aromatic heterocycles. The molecule has 0 aliphatic heterocycles. The van der Waals surface area contributed by atoms with Crippen molar-refractivity contribution in [3.8, 4) is 11.3 Å². The van der Waals surface area contributed by atoms with Crippen molar-refractivity contribution in [1.82, 2.24) is 19.7 Å². The molecule has 0 unspecified atom stereocenters. The van der Waals surface area contributed by atoms with Crippen molar-refractivity contribution >= 4 is 34.9 Å². The first-order valence-corrected chi connectivity index (χ1v) is 7.62. The predicted molar refractivity (Wildman–Crippen MR) is 92.6 cm³/mol. The molecule has 0 atom stereocenters. The molecular formula is C14H16N8S. The molecule has 23 heavy (non-hydrogen) atoms. The zero-order valence-corrected chi connectivity index (χ0v) is 13.3. The van der Waals surface area contributed by atoms with Crippen molar-refractivity contribution in [2.45, 2.75) is 6.54 Å². The number of nitrogens with one attached hydrogen (secondary N) is 2. The van der Waals surface area contributed by atoms with E-state index < -0.39 is 0 Å². The quantitative estimate of drug-likeness (QED) is 0.527. The first kappa shape index (κ1) is 15.0. The highest BCUT2D eigenvalue weighted by atomic mass is 32.1. The minimum atomic E-state index is 0.328. The average Bonchev–Trinajstić information content (AvgIpc) is 3.12. The number of anilines is 3. The SMILES string of the molecule is Cn1cc(-c2cnc(N)c(NCc3cc(N)c(C=N)s3)n2)cn1. The maximum absolute atomic E-state index is 7.29. The van der Waals surface area contributed by atoms with Crippen molar-refractivity contribution in [1.29, 1.82) is 5.41 Å². The summed E-state index contributed by atoms with van der Waals surface area (Å²) in [5, 5.41) is 14.6. The van der Waals surface area contributed by atoms with Crippen LogP contribution in [0.5, 0.6) is 0 Å². The monoisotopic (exact) mass is 328 g/mol. The van der Waals surface area contributed by atoms with Crippen LogP contribution in [0.25, 0.3) is 11.3 Å². The Hall–Kier alpha value is -2.94. The Morgan fingerprint density at radius 3 is 2.87 bits per heavy atom. The Kier molecular flexibility index (Phi) is 3.94. The lowest BCUT2D eigenvalue weighted by Crippen LogP contribution is -2.06. The van der Waals surface area contributed by atoms with E-state index in [1.165, 1.54) is 17.6 Å². The molecule has 0 aliphatic carbocycles. The van der Waals surface area contributed by atoms with Gasteiger partial charge in [-0.2, -0.15) is 5.10 Å². The fourth-order valence-corrected chi connectivity index (χ4v) is 2.91. The number of aryl methyl sites for hydroxylation is 1. The summed E-state index contributed by atoms with van der Waals surface area (Å²) in [6.45, 7) is 0.512. The van der Waals surface area contributed by atoms with Crippen molar-refractivity contribution in [2.75, 3.05) is 16.8 Å². The van der Waals surface area contributed by atoms with Crippen LogP contribution >= 0.6 is 11.3 Å². The number of nitrogens with zero attached hydrogens (tertiary/aromatic N) is 4. The second-order valence-corrected chi connectivity index (χ2v) is 6.09. The fourth-order valence-electron chi connectivity index (χ4n) is 2.07. The third-order valence-corrected chi connectivity index (χ3v) is 4.30. The predicted octanol–water partition coefficient (Wildman–Crippen LogP) is 1.71. The Morgan fingerprint density at radius 1 is 1.39 bits per heavy atom. The van der Waals surface area contributed by atoms with Crippen molar-refractivity contribution in [3.05, 3.63) is 34.4 Å². The highest BCUT2D eigenvalue weighted by molar-refractivity contribution is 7.14. The fraction of sp³-hybridized carbons (Fsp3) is 0.143. The Labute approximate surface area is 136 Å². The van der Waals surface area contributed by atoms with Gasteiger partial charge in [0.05, 0.1) is 35.2 Å². The van der Waals surface area contributed by atoms with Gasteiger partial charge in [-0.15, -0.1) is 11.3 Å². The largest absolute Gasteiger partial charge is 0.398 e. The molecule has 118 valence electrons. The van der Waals surface area contributed by atoms with Crippen LogP contribution in [0, 0.1) is 5.41 Å². The summed E-state index contributed by atoms with van der Waals surface area (Å²) >= 11 is 1.46. The smallest absolute Gasteiger partial charge is 0.169 e. The molecule has 0 saturated heterocycles. The zero-order valence-electron chi connectivity index (χ0n) is 12.4. The number of hydrogen-bond acceptors (Lipinski definition) is 8. The van der Waals surface area contributed by atoms with Gasteiger partial charge in [0.2, 0.25) is 0 Å². The van der Waals surface area contributed by atoms with E-state index in [1.54, 1.807) is 17.1 Å². The molecule has 0 aliphatic rings. The van der Waals surface area contributed by atoms with Crippen LogP contribution in [0.1, 0.15) is 9.75 Å². The van der Waals surface area contributed by atoms with Crippen molar-refractivity contribution < 1.29 is 0 Å². The lowest BCUT2D eigenvalue weighted by molar-refractivity contribution is 0.768. The maximum Gasteiger partial charge on any atom is 0.169 e. The highest BCUT2D eigenvalue weighted by Gasteiger charge is 2.09. The summed E-state index contributed by atoms with van der Waals surface area (Å²) in [5.74, 6) is 0.837. The van der Waals surface area contributed by atoms with E-state index in [0.29, 0.717) is 29.6 Å².